The molecule has 0 saturated heterocycles. The Hall–Kier alpha value is -1.87. The minimum atomic E-state index is 0.741. The zero-order valence-electron chi connectivity index (χ0n) is 12.0. The van der Waals surface area contributed by atoms with E-state index in [4.69, 9.17) is 4.74 Å². The van der Waals surface area contributed by atoms with Crippen LogP contribution in [0.25, 0.3) is 0 Å². The van der Waals surface area contributed by atoms with Crippen molar-refractivity contribution in [3.63, 3.8) is 0 Å². The van der Waals surface area contributed by atoms with E-state index < -0.39 is 0 Å². The van der Waals surface area contributed by atoms with Crippen molar-refractivity contribution in [1.82, 2.24) is 10.3 Å². The summed E-state index contributed by atoms with van der Waals surface area (Å²) in [6.07, 6.45) is 4.40. The number of hydrogen-bond acceptors (Lipinski definition) is 3. The molecule has 0 radical (unpaired) electrons. The van der Waals surface area contributed by atoms with Gasteiger partial charge < -0.3 is 10.1 Å². The highest BCUT2D eigenvalue weighted by atomic mass is 16.5. The molecule has 1 fully saturated rings. The van der Waals surface area contributed by atoms with E-state index in [1.54, 1.807) is 6.20 Å². The number of hydrogen-bond donors (Lipinski definition) is 1. The van der Waals surface area contributed by atoms with Gasteiger partial charge in [-0.05, 0) is 56.0 Å². The van der Waals surface area contributed by atoms with Gasteiger partial charge in [0.15, 0.2) is 0 Å². The standard InChI is InChI=1S/C17H20N2O/c1-12-9-14(10-19-15-5-6-15)4-8-17(12)20-16-7-3-13(2)18-11-16/h3-4,7-9,11,15,19H,5-6,10H2,1-2H3. The summed E-state index contributed by atoms with van der Waals surface area (Å²) >= 11 is 0. The molecular weight excluding hydrogens is 248 g/mol. The van der Waals surface area contributed by atoms with Crippen molar-refractivity contribution >= 4 is 0 Å². The van der Waals surface area contributed by atoms with Crippen LogP contribution in [-0.2, 0) is 6.54 Å². The van der Waals surface area contributed by atoms with Gasteiger partial charge in [0, 0.05) is 18.3 Å². The van der Waals surface area contributed by atoms with Crippen LogP contribution in [-0.4, -0.2) is 11.0 Å². The molecule has 0 amide bonds. The predicted molar refractivity (Wildman–Crippen MR) is 80.1 cm³/mol. The molecule has 0 unspecified atom stereocenters. The van der Waals surface area contributed by atoms with Gasteiger partial charge in [0.1, 0.15) is 11.5 Å². The van der Waals surface area contributed by atoms with E-state index in [1.165, 1.54) is 18.4 Å². The van der Waals surface area contributed by atoms with E-state index in [-0.39, 0.29) is 0 Å². The summed E-state index contributed by atoms with van der Waals surface area (Å²) in [4.78, 5) is 4.24. The van der Waals surface area contributed by atoms with Gasteiger partial charge in [0.25, 0.3) is 0 Å². The lowest BCUT2D eigenvalue weighted by atomic mass is 10.1. The van der Waals surface area contributed by atoms with Crippen molar-refractivity contribution in [1.29, 1.82) is 0 Å². The summed E-state index contributed by atoms with van der Waals surface area (Å²) in [5.74, 6) is 1.67. The normalized spacial score (nSPS) is 14.3. The molecule has 1 aromatic heterocycles. The number of pyridine rings is 1. The first-order valence-corrected chi connectivity index (χ1v) is 7.14. The van der Waals surface area contributed by atoms with Gasteiger partial charge in [-0.3, -0.25) is 4.98 Å². The van der Waals surface area contributed by atoms with Crippen LogP contribution >= 0.6 is 0 Å². The lowest BCUT2D eigenvalue weighted by Gasteiger charge is -2.11. The molecule has 1 saturated carbocycles. The third kappa shape index (κ3) is 3.36. The predicted octanol–water partition coefficient (Wildman–Crippen LogP) is 3.74. The molecule has 2 aromatic rings. The molecule has 104 valence electrons. The molecule has 20 heavy (non-hydrogen) atoms. The Bertz CT molecular complexity index is 588. The molecule has 0 bridgehead atoms. The SMILES string of the molecule is Cc1ccc(Oc2ccc(CNC3CC3)cc2C)cn1. The van der Waals surface area contributed by atoms with Crippen molar-refractivity contribution in [3.8, 4) is 11.5 Å². The van der Waals surface area contributed by atoms with Crippen molar-refractivity contribution < 1.29 is 4.74 Å². The Morgan fingerprint density at radius 2 is 2.05 bits per heavy atom. The summed E-state index contributed by atoms with van der Waals surface area (Å²) in [5, 5.41) is 3.52. The van der Waals surface area contributed by atoms with Gasteiger partial charge in [0.05, 0.1) is 6.20 Å². The number of aryl methyl sites for hydroxylation is 2. The van der Waals surface area contributed by atoms with Crippen molar-refractivity contribution in [2.75, 3.05) is 0 Å². The van der Waals surface area contributed by atoms with E-state index in [0.29, 0.717) is 0 Å². The maximum atomic E-state index is 5.87. The van der Waals surface area contributed by atoms with Crippen LogP contribution in [0.15, 0.2) is 36.5 Å². The van der Waals surface area contributed by atoms with Gasteiger partial charge in [-0.1, -0.05) is 12.1 Å². The van der Waals surface area contributed by atoms with Crippen LogP contribution in [0.2, 0.25) is 0 Å². The Morgan fingerprint density at radius 3 is 2.70 bits per heavy atom. The summed E-state index contributed by atoms with van der Waals surface area (Å²) in [5.41, 5.74) is 3.46. The Balaban J connectivity index is 1.68. The molecule has 1 aliphatic rings. The van der Waals surface area contributed by atoms with Crippen LogP contribution in [0.3, 0.4) is 0 Å². The second-order valence-electron chi connectivity index (χ2n) is 5.49. The summed E-state index contributed by atoms with van der Waals surface area (Å²) in [7, 11) is 0. The number of ether oxygens (including phenoxy) is 1. The lowest BCUT2D eigenvalue weighted by Crippen LogP contribution is -2.15. The van der Waals surface area contributed by atoms with Crippen LogP contribution < -0.4 is 10.1 Å². The zero-order valence-corrected chi connectivity index (χ0v) is 12.0. The molecule has 1 aromatic carbocycles. The molecule has 0 atom stereocenters. The first-order chi connectivity index (χ1) is 9.70. The van der Waals surface area contributed by atoms with E-state index in [9.17, 15) is 0 Å². The van der Waals surface area contributed by atoms with E-state index in [2.05, 4.69) is 29.4 Å². The lowest BCUT2D eigenvalue weighted by molar-refractivity contribution is 0.476. The first-order valence-electron chi connectivity index (χ1n) is 7.14. The molecule has 3 nitrogen and oxygen atoms in total. The maximum Gasteiger partial charge on any atom is 0.145 e. The minimum Gasteiger partial charge on any atom is -0.455 e. The zero-order chi connectivity index (χ0) is 13.9. The van der Waals surface area contributed by atoms with Crippen LogP contribution in [0.4, 0.5) is 0 Å². The van der Waals surface area contributed by atoms with Crippen molar-refractivity contribution in [2.45, 2.75) is 39.3 Å². The summed E-state index contributed by atoms with van der Waals surface area (Å²) < 4.78 is 5.87. The Labute approximate surface area is 120 Å². The smallest absolute Gasteiger partial charge is 0.145 e. The number of aromatic nitrogens is 1. The van der Waals surface area contributed by atoms with Crippen LogP contribution in [0, 0.1) is 13.8 Å². The van der Waals surface area contributed by atoms with E-state index >= 15 is 0 Å². The second kappa shape index (κ2) is 5.63. The third-order valence-electron chi connectivity index (χ3n) is 3.52. The Kier molecular flexibility index (Phi) is 3.70. The molecule has 3 heteroatoms. The fourth-order valence-corrected chi connectivity index (χ4v) is 2.13. The second-order valence-corrected chi connectivity index (χ2v) is 5.49. The maximum absolute atomic E-state index is 5.87. The van der Waals surface area contributed by atoms with Gasteiger partial charge in [-0.25, -0.2) is 0 Å². The quantitative estimate of drug-likeness (QED) is 0.897. The topological polar surface area (TPSA) is 34.1 Å². The van der Waals surface area contributed by atoms with E-state index in [0.717, 1.165) is 35.3 Å². The minimum absolute atomic E-state index is 0.741. The fourth-order valence-electron chi connectivity index (χ4n) is 2.13. The number of benzene rings is 1. The molecule has 1 N–H and O–H groups in total. The van der Waals surface area contributed by atoms with Crippen LogP contribution in [0.1, 0.15) is 29.7 Å². The average Bonchev–Trinajstić information content (AvgIpc) is 3.26. The first kappa shape index (κ1) is 13.1. The highest BCUT2D eigenvalue weighted by molar-refractivity contribution is 5.39. The molecule has 1 heterocycles. The largest absolute Gasteiger partial charge is 0.455 e. The highest BCUT2D eigenvalue weighted by Gasteiger charge is 2.19. The number of nitrogens with one attached hydrogen (secondary N) is 1. The molecule has 3 rings (SSSR count). The van der Waals surface area contributed by atoms with Gasteiger partial charge in [-0.2, -0.15) is 0 Å². The molecule has 0 spiro atoms. The molecule has 0 aliphatic heterocycles. The van der Waals surface area contributed by atoms with Crippen molar-refractivity contribution in [2.24, 2.45) is 0 Å². The number of nitrogens with zero attached hydrogens (tertiary/aromatic N) is 1. The van der Waals surface area contributed by atoms with Crippen molar-refractivity contribution in [3.05, 3.63) is 53.3 Å². The highest BCUT2D eigenvalue weighted by Crippen LogP contribution is 2.26. The van der Waals surface area contributed by atoms with Crippen LogP contribution in [0.5, 0.6) is 11.5 Å². The van der Waals surface area contributed by atoms with Gasteiger partial charge >= 0.3 is 0 Å². The summed E-state index contributed by atoms with van der Waals surface area (Å²) in [6.45, 7) is 4.99. The molecular formula is C17H20N2O. The fraction of sp³-hybridized carbons (Fsp3) is 0.353. The summed E-state index contributed by atoms with van der Waals surface area (Å²) in [6, 6.07) is 11.0. The average molecular weight is 268 g/mol. The third-order valence-corrected chi connectivity index (χ3v) is 3.52. The van der Waals surface area contributed by atoms with Gasteiger partial charge in [-0.15, -0.1) is 0 Å². The van der Waals surface area contributed by atoms with Gasteiger partial charge in [0.2, 0.25) is 0 Å². The number of rotatable bonds is 5. The molecule has 1 aliphatic carbocycles. The van der Waals surface area contributed by atoms with E-state index in [1.807, 2.05) is 25.1 Å². The Morgan fingerprint density at radius 1 is 1.20 bits per heavy atom. The monoisotopic (exact) mass is 268 g/mol.